The summed E-state index contributed by atoms with van der Waals surface area (Å²) in [6.45, 7) is 0.472. The van der Waals surface area contributed by atoms with Gasteiger partial charge in [0.15, 0.2) is 0 Å². The molecule has 0 spiro atoms. The number of amides is 1. The normalized spacial score (nSPS) is 10.8. The predicted octanol–water partition coefficient (Wildman–Crippen LogP) is 4.36. The third-order valence-electron chi connectivity index (χ3n) is 2.96. The number of para-hydroxylation sites is 1. The zero-order valence-electron chi connectivity index (χ0n) is 11.6. The van der Waals surface area contributed by atoms with Gasteiger partial charge in [-0.3, -0.25) is 4.79 Å². The topological polar surface area (TPSA) is 42.0 Å². The molecule has 22 heavy (non-hydrogen) atoms. The van der Waals surface area contributed by atoms with Crippen LogP contribution in [0.2, 0.25) is 5.02 Å². The van der Waals surface area contributed by atoms with Crippen molar-refractivity contribution in [3.8, 4) is 0 Å². The Hall–Kier alpha value is -1.56. The average Bonchev–Trinajstić information content (AvgIpc) is 2.95. The van der Waals surface area contributed by atoms with Gasteiger partial charge in [-0.1, -0.05) is 23.7 Å². The Labute approximate surface area is 141 Å². The van der Waals surface area contributed by atoms with Crippen LogP contribution >= 0.6 is 34.7 Å². The lowest BCUT2D eigenvalue weighted by molar-refractivity contribution is -0.118. The lowest BCUT2D eigenvalue weighted by atomic mass is 10.3. The number of nitrogens with one attached hydrogen (secondary N) is 1. The molecule has 0 aliphatic carbocycles. The average molecular weight is 349 g/mol. The van der Waals surface area contributed by atoms with Crippen molar-refractivity contribution in [2.45, 2.75) is 11.4 Å². The zero-order chi connectivity index (χ0) is 15.4. The predicted molar refractivity (Wildman–Crippen MR) is 93.6 cm³/mol. The first-order valence-electron chi connectivity index (χ1n) is 6.70. The summed E-state index contributed by atoms with van der Waals surface area (Å²) in [6.07, 6.45) is 0. The fourth-order valence-electron chi connectivity index (χ4n) is 1.90. The molecule has 1 N–H and O–H groups in total. The summed E-state index contributed by atoms with van der Waals surface area (Å²) in [7, 11) is 0. The quantitative estimate of drug-likeness (QED) is 0.697. The fourth-order valence-corrected chi connectivity index (χ4v) is 3.66. The molecule has 2 aromatic carbocycles. The molecule has 0 fully saturated rings. The minimum absolute atomic E-state index is 0.000735. The Kier molecular flexibility index (Phi) is 4.97. The smallest absolute Gasteiger partial charge is 0.230 e. The SMILES string of the molecule is O=C(CSc1ccc(Cl)cc1)NCc1nc2ccccc2s1. The number of nitrogens with zero attached hydrogens (tertiary/aromatic N) is 1. The molecule has 3 nitrogen and oxygen atoms in total. The van der Waals surface area contributed by atoms with Crippen LogP contribution in [-0.4, -0.2) is 16.6 Å². The second kappa shape index (κ2) is 7.13. The number of rotatable bonds is 5. The van der Waals surface area contributed by atoms with Crippen molar-refractivity contribution in [1.29, 1.82) is 0 Å². The largest absolute Gasteiger partial charge is 0.349 e. The molecule has 0 aliphatic rings. The first-order chi connectivity index (χ1) is 10.7. The lowest BCUT2D eigenvalue weighted by Crippen LogP contribution is -2.24. The highest BCUT2D eigenvalue weighted by atomic mass is 35.5. The number of fused-ring (bicyclic) bond motifs is 1. The summed E-state index contributed by atoms with van der Waals surface area (Å²) in [5.74, 6) is 0.381. The van der Waals surface area contributed by atoms with Gasteiger partial charge in [-0.15, -0.1) is 23.1 Å². The number of carbonyl (C=O) groups excluding carboxylic acids is 1. The molecule has 3 rings (SSSR count). The number of benzene rings is 2. The molecule has 112 valence electrons. The van der Waals surface area contributed by atoms with E-state index < -0.39 is 0 Å². The molecular weight excluding hydrogens is 336 g/mol. The number of hydrogen-bond acceptors (Lipinski definition) is 4. The third kappa shape index (κ3) is 4.00. The van der Waals surface area contributed by atoms with Crippen LogP contribution in [0.25, 0.3) is 10.2 Å². The van der Waals surface area contributed by atoms with Crippen LogP contribution in [-0.2, 0) is 11.3 Å². The van der Waals surface area contributed by atoms with E-state index in [1.165, 1.54) is 11.8 Å². The summed E-state index contributed by atoms with van der Waals surface area (Å²) in [5.41, 5.74) is 0.979. The Bertz CT molecular complexity index is 753. The highest BCUT2D eigenvalue weighted by Crippen LogP contribution is 2.22. The van der Waals surface area contributed by atoms with E-state index in [-0.39, 0.29) is 5.91 Å². The molecule has 6 heteroatoms. The van der Waals surface area contributed by atoms with Gasteiger partial charge in [0.05, 0.1) is 22.5 Å². The monoisotopic (exact) mass is 348 g/mol. The van der Waals surface area contributed by atoms with E-state index in [2.05, 4.69) is 10.3 Å². The molecule has 0 atom stereocenters. The van der Waals surface area contributed by atoms with Crippen LogP contribution in [0.4, 0.5) is 0 Å². The van der Waals surface area contributed by atoms with E-state index in [0.29, 0.717) is 17.3 Å². The van der Waals surface area contributed by atoms with Gasteiger partial charge in [0.2, 0.25) is 5.91 Å². The number of thiazole rings is 1. The van der Waals surface area contributed by atoms with Crippen molar-refractivity contribution in [1.82, 2.24) is 10.3 Å². The van der Waals surface area contributed by atoms with Crippen LogP contribution in [0.3, 0.4) is 0 Å². The molecule has 0 saturated carbocycles. The highest BCUT2D eigenvalue weighted by Gasteiger charge is 2.06. The second-order valence-electron chi connectivity index (χ2n) is 4.59. The maximum Gasteiger partial charge on any atom is 0.230 e. The first kappa shape index (κ1) is 15.3. The van der Waals surface area contributed by atoms with E-state index in [1.807, 2.05) is 48.5 Å². The molecule has 0 unspecified atom stereocenters. The van der Waals surface area contributed by atoms with E-state index in [1.54, 1.807) is 11.3 Å². The van der Waals surface area contributed by atoms with Crippen LogP contribution in [0, 0.1) is 0 Å². The molecule has 0 saturated heterocycles. The summed E-state index contributed by atoms with van der Waals surface area (Å²) in [5, 5.41) is 4.52. The third-order valence-corrected chi connectivity index (χ3v) is 5.26. The van der Waals surface area contributed by atoms with Crippen LogP contribution in [0.5, 0.6) is 0 Å². The zero-order valence-corrected chi connectivity index (χ0v) is 14.0. The van der Waals surface area contributed by atoms with Gasteiger partial charge >= 0.3 is 0 Å². The summed E-state index contributed by atoms with van der Waals surface area (Å²) >= 11 is 8.93. The molecule has 1 aromatic heterocycles. The molecule has 0 radical (unpaired) electrons. The second-order valence-corrected chi connectivity index (χ2v) is 7.20. The minimum Gasteiger partial charge on any atom is -0.349 e. The summed E-state index contributed by atoms with van der Waals surface area (Å²) in [4.78, 5) is 17.4. The Balaban J connectivity index is 1.50. The number of halogens is 1. The van der Waals surface area contributed by atoms with Gasteiger partial charge < -0.3 is 5.32 Å². The Morgan fingerprint density at radius 2 is 1.95 bits per heavy atom. The maximum atomic E-state index is 11.9. The Morgan fingerprint density at radius 3 is 2.73 bits per heavy atom. The van der Waals surface area contributed by atoms with Gasteiger partial charge in [-0.2, -0.15) is 0 Å². The number of carbonyl (C=O) groups is 1. The van der Waals surface area contributed by atoms with Crippen LogP contribution in [0.15, 0.2) is 53.4 Å². The molecular formula is C16H13ClN2OS2. The van der Waals surface area contributed by atoms with Gasteiger partial charge in [0.25, 0.3) is 0 Å². The van der Waals surface area contributed by atoms with E-state index >= 15 is 0 Å². The van der Waals surface area contributed by atoms with Crippen molar-refractivity contribution < 1.29 is 4.79 Å². The van der Waals surface area contributed by atoms with Gasteiger partial charge in [-0.25, -0.2) is 4.98 Å². The molecule has 3 aromatic rings. The van der Waals surface area contributed by atoms with Crippen LogP contribution in [0.1, 0.15) is 5.01 Å². The van der Waals surface area contributed by atoms with Crippen molar-refractivity contribution in [3.63, 3.8) is 0 Å². The number of hydrogen-bond donors (Lipinski definition) is 1. The first-order valence-corrected chi connectivity index (χ1v) is 8.88. The number of thioether (sulfide) groups is 1. The van der Waals surface area contributed by atoms with Gasteiger partial charge in [0.1, 0.15) is 5.01 Å². The van der Waals surface area contributed by atoms with Crippen molar-refractivity contribution >= 4 is 50.8 Å². The van der Waals surface area contributed by atoms with E-state index in [4.69, 9.17) is 11.6 Å². The fraction of sp³-hybridized carbons (Fsp3) is 0.125. The highest BCUT2D eigenvalue weighted by molar-refractivity contribution is 8.00. The molecule has 1 heterocycles. The van der Waals surface area contributed by atoms with Crippen LogP contribution < -0.4 is 5.32 Å². The number of aromatic nitrogens is 1. The van der Waals surface area contributed by atoms with Crippen molar-refractivity contribution in [2.75, 3.05) is 5.75 Å². The van der Waals surface area contributed by atoms with Gasteiger partial charge in [0, 0.05) is 9.92 Å². The van der Waals surface area contributed by atoms with E-state index in [0.717, 1.165) is 20.1 Å². The molecule has 0 aliphatic heterocycles. The van der Waals surface area contributed by atoms with E-state index in [9.17, 15) is 4.79 Å². The lowest BCUT2D eigenvalue weighted by Gasteiger charge is -2.03. The molecule has 1 amide bonds. The Morgan fingerprint density at radius 1 is 1.18 bits per heavy atom. The summed E-state index contributed by atoms with van der Waals surface area (Å²) < 4.78 is 1.14. The van der Waals surface area contributed by atoms with Gasteiger partial charge in [-0.05, 0) is 36.4 Å². The standard InChI is InChI=1S/C16H13ClN2OS2/c17-11-5-7-12(8-6-11)21-10-15(20)18-9-16-19-13-3-1-2-4-14(13)22-16/h1-8H,9-10H2,(H,18,20). The summed E-state index contributed by atoms with van der Waals surface area (Å²) in [6, 6.07) is 15.4. The maximum absolute atomic E-state index is 11.9. The minimum atomic E-state index is -0.000735. The molecule has 0 bridgehead atoms. The van der Waals surface area contributed by atoms with Crippen molar-refractivity contribution in [2.24, 2.45) is 0 Å². The van der Waals surface area contributed by atoms with Crippen molar-refractivity contribution in [3.05, 3.63) is 58.6 Å².